The molecule has 0 aliphatic carbocycles. The van der Waals surface area contributed by atoms with Gasteiger partial charge in [0.05, 0.1) is 6.61 Å². The standard InChI is InChI=1S/C9H9O3/c10-5-6-12-9-3-1-8(7-11)2-4-9/h1-4,11H,6-7H2. The number of ether oxygens (including phenoxy) is 1. The van der Waals surface area contributed by atoms with Crippen molar-refractivity contribution in [3.05, 3.63) is 29.8 Å². The molecule has 0 fully saturated rings. The van der Waals surface area contributed by atoms with E-state index >= 15 is 0 Å². The molecule has 63 valence electrons. The molecule has 0 aliphatic rings. The molecule has 0 atom stereocenters. The van der Waals surface area contributed by atoms with Crippen LogP contribution in [0, 0.1) is 0 Å². The van der Waals surface area contributed by atoms with E-state index in [1.165, 1.54) is 0 Å². The lowest BCUT2D eigenvalue weighted by atomic mass is 10.2. The molecule has 0 amide bonds. The van der Waals surface area contributed by atoms with Gasteiger partial charge in [0.15, 0.2) is 6.61 Å². The first-order valence-electron chi connectivity index (χ1n) is 3.54. The van der Waals surface area contributed by atoms with Crippen LogP contribution in [0.1, 0.15) is 5.56 Å². The normalized spacial score (nSPS) is 9.42. The minimum absolute atomic E-state index is 0.0140. The largest absolute Gasteiger partial charge is 0.485 e. The molecule has 1 aromatic carbocycles. The topological polar surface area (TPSA) is 46.5 Å². The van der Waals surface area contributed by atoms with Gasteiger partial charge in [-0.25, -0.2) is 0 Å². The molecule has 0 spiro atoms. The van der Waals surface area contributed by atoms with Crippen LogP contribution in [0.4, 0.5) is 0 Å². The van der Waals surface area contributed by atoms with Gasteiger partial charge in [0.2, 0.25) is 6.29 Å². The Morgan fingerprint density at radius 3 is 2.50 bits per heavy atom. The summed E-state index contributed by atoms with van der Waals surface area (Å²) in [5.41, 5.74) is 0.817. The van der Waals surface area contributed by atoms with Crippen LogP contribution in [-0.2, 0) is 11.4 Å². The van der Waals surface area contributed by atoms with E-state index in [4.69, 9.17) is 9.84 Å². The van der Waals surface area contributed by atoms with Crippen LogP contribution in [0.5, 0.6) is 5.75 Å². The highest BCUT2D eigenvalue weighted by Crippen LogP contribution is 2.11. The number of hydrogen-bond acceptors (Lipinski definition) is 3. The minimum atomic E-state index is -0.0571. The predicted molar refractivity (Wildman–Crippen MR) is 43.6 cm³/mol. The van der Waals surface area contributed by atoms with E-state index in [0.717, 1.165) is 5.56 Å². The van der Waals surface area contributed by atoms with Gasteiger partial charge in [0.25, 0.3) is 0 Å². The predicted octanol–water partition coefficient (Wildman–Crippen LogP) is 0.667. The zero-order valence-electron chi connectivity index (χ0n) is 6.49. The van der Waals surface area contributed by atoms with Crippen LogP contribution in [-0.4, -0.2) is 18.0 Å². The van der Waals surface area contributed by atoms with Crippen LogP contribution < -0.4 is 4.74 Å². The number of hydrogen-bond donors (Lipinski definition) is 1. The first-order chi connectivity index (χ1) is 5.86. The van der Waals surface area contributed by atoms with Crippen LogP contribution in [0.3, 0.4) is 0 Å². The van der Waals surface area contributed by atoms with E-state index in [1.54, 1.807) is 30.6 Å². The minimum Gasteiger partial charge on any atom is -0.485 e. The Balaban J connectivity index is 2.58. The summed E-state index contributed by atoms with van der Waals surface area (Å²) in [5.74, 6) is 0.607. The van der Waals surface area contributed by atoms with Crippen LogP contribution in [0.15, 0.2) is 24.3 Å². The van der Waals surface area contributed by atoms with Crippen molar-refractivity contribution >= 4 is 6.29 Å². The fourth-order valence-electron chi connectivity index (χ4n) is 0.804. The Morgan fingerprint density at radius 1 is 1.33 bits per heavy atom. The summed E-state index contributed by atoms with van der Waals surface area (Å²) in [6.45, 7) is -0.0431. The van der Waals surface area contributed by atoms with Gasteiger partial charge in [-0.15, -0.1) is 0 Å². The maximum absolute atomic E-state index is 9.81. The molecule has 0 aromatic heterocycles. The summed E-state index contributed by atoms with van der Waals surface area (Å²) >= 11 is 0. The SMILES string of the molecule is O=[C]COc1ccc(CO)cc1. The van der Waals surface area contributed by atoms with Gasteiger partial charge >= 0.3 is 0 Å². The third kappa shape index (κ3) is 2.36. The molecule has 0 saturated heterocycles. The molecule has 1 N–H and O–H groups in total. The van der Waals surface area contributed by atoms with Crippen molar-refractivity contribution in [3.8, 4) is 5.75 Å². The zero-order valence-corrected chi connectivity index (χ0v) is 6.49. The van der Waals surface area contributed by atoms with Crippen molar-refractivity contribution in [2.24, 2.45) is 0 Å². The maximum Gasteiger partial charge on any atom is 0.239 e. The molecular formula is C9H9O3. The highest BCUT2D eigenvalue weighted by Gasteiger charge is 1.93. The third-order valence-corrected chi connectivity index (χ3v) is 1.40. The zero-order chi connectivity index (χ0) is 8.81. The summed E-state index contributed by atoms with van der Waals surface area (Å²) in [6.07, 6.45) is 1.62. The van der Waals surface area contributed by atoms with E-state index in [2.05, 4.69) is 0 Å². The second-order valence-electron chi connectivity index (χ2n) is 2.24. The van der Waals surface area contributed by atoms with Gasteiger partial charge in [-0.3, -0.25) is 4.79 Å². The molecular weight excluding hydrogens is 156 g/mol. The molecule has 0 bridgehead atoms. The lowest BCUT2D eigenvalue weighted by Gasteiger charge is -2.01. The van der Waals surface area contributed by atoms with Crippen LogP contribution in [0.25, 0.3) is 0 Å². The average molecular weight is 165 g/mol. The molecule has 0 saturated carbocycles. The van der Waals surface area contributed by atoms with Gasteiger partial charge in [0.1, 0.15) is 5.75 Å². The van der Waals surface area contributed by atoms with E-state index in [9.17, 15) is 4.79 Å². The first-order valence-corrected chi connectivity index (χ1v) is 3.54. The third-order valence-electron chi connectivity index (χ3n) is 1.40. The van der Waals surface area contributed by atoms with Crippen LogP contribution >= 0.6 is 0 Å². The molecule has 1 rings (SSSR count). The van der Waals surface area contributed by atoms with Crippen LogP contribution in [0.2, 0.25) is 0 Å². The van der Waals surface area contributed by atoms with Gasteiger partial charge in [-0.2, -0.15) is 0 Å². The Hall–Kier alpha value is -1.35. The molecule has 12 heavy (non-hydrogen) atoms. The van der Waals surface area contributed by atoms with E-state index in [1.807, 2.05) is 0 Å². The summed E-state index contributed by atoms with van der Waals surface area (Å²) in [4.78, 5) is 9.81. The Labute approximate surface area is 70.6 Å². The smallest absolute Gasteiger partial charge is 0.239 e. The number of aliphatic hydroxyl groups is 1. The maximum atomic E-state index is 9.81. The molecule has 3 heteroatoms. The fraction of sp³-hybridized carbons (Fsp3) is 0.222. The van der Waals surface area contributed by atoms with Crippen molar-refractivity contribution in [1.82, 2.24) is 0 Å². The lowest BCUT2D eigenvalue weighted by Crippen LogP contribution is -1.97. The first kappa shape index (κ1) is 8.74. The summed E-state index contributed by atoms with van der Waals surface area (Å²) < 4.78 is 4.95. The van der Waals surface area contributed by atoms with E-state index < -0.39 is 0 Å². The highest BCUT2D eigenvalue weighted by molar-refractivity contribution is 5.52. The summed E-state index contributed by atoms with van der Waals surface area (Å²) in [6, 6.07) is 6.87. The van der Waals surface area contributed by atoms with Gasteiger partial charge in [-0.1, -0.05) is 12.1 Å². The van der Waals surface area contributed by atoms with Gasteiger partial charge in [-0.05, 0) is 17.7 Å². The second kappa shape index (κ2) is 4.51. The van der Waals surface area contributed by atoms with Gasteiger partial charge in [0, 0.05) is 0 Å². The summed E-state index contributed by atoms with van der Waals surface area (Å²) in [7, 11) is 0. The Kier molecular flexibility index (Phi) is 3.29. The highest BCUT2D eigenvalue weighted by atomic mass is 16.5. The monoisotopic (exact) mass is 165 g/mol. The number of aliphatic hydroxyl groups excluding tert-OH is 1. The molecule has 3 nitrogen and oxygen atoms in total. The molecule has 1 radical (unpaired) electrons. The Morgan fingerprint density at radius 2 is 2.00 bits per heavy atom. The average Bonchev–Trinajstić information content (AvgIpc) is 2.15. The molecule has 1 aromatic rings. The van der Waals surface area contributed by atoms with Crippen molar-refractivity contribution < 1.29 is 14.6 Å². The van der Waals surface area contributed by atoms with Crippen molar-refractivity contribution in [3.63, 3.8) is 0 Å². The Bertz CT molecular complexity index is 240. The number of carbonyl (C=O) groups excluding carboxylic acids is 1. The molecule has 0 aliphatic heterocycles. The molecule has 0 heterocycles. The quantitative estimate of drug-likeness (QED) is 0.713. The van der Waals surface area contributed by atoms with Crippen molar-refractivity contribution in [2.75, 3.05) is 6.61 Å². The second-order valence-corrected chi connectivity index (χ2v) is 2.24. The van der Waals surface area contributed by atoms with Crippen molar-refractivity contribution in [2.45, 2.75) is 6.61 Å². The molecule has 0 unspecified atom stereocenters. The number of benzene rings is 1. The summed E-state index contributed by atoms with van der Waals surface area (Å²) in [5, 5.41) is 8.70. The van der Waals surface area contributed by atoms with E-state index in [0.29, 0.717) is 5.75 Å². The lowest BCUT2D eigenvalue weighted by molar-refractivity contribution is 0.281. The van der Waals surface area contributed by atoms with E-state index in [-0.39, 0.29) is 13.2 Å². The van der Waals surface area contributed by atoms with Crippen molar-refractivity contribution in [1.29, 1.82) is 0 Å². The fourth-order valence-corrected chi connectivity index (χ4v) is 0.804. The number of rotatable bonds is 4. The van der Waals surface area contributed by atoms with Gasteiger partial charge < -0.3 is 9.84 Å².